The molecule has 1 N–H and O–H groups in total. The minimum Gasteiger partial charge on any atom is -0.383 e. The Bertz CT molecular complexity index is 283. The van der Waals surface area contributed by atoms with E-state index in [1.165, 1.54) is 0 Å². The monoisotopic (exact) mass is 287 g/mol. The van der Waals surface area contributed by atoms with E-state index in [4.69, 9.17) is 9.47 Å². The fourth-order valence-corrected chi connectivity index (χ4v) is 2.46. The molecule has 0 spiro atoms. The second kappa shape index (κ2) is 8.56. The van der Waals surface area contributed by atoms with Crippen molar-refractivity contribution in [3.63, 3.8) is 0 Å². The van der Waals surface area contributed by atoms with E-state index < -0.39 is 5.54 Å². The average Bonchev–Trinajstić information content (AvgIpc) is 2.47. The van der Waals surface area contributed by atoms with Gasteiger partial charge in [0.15, 0.2) is 0 Å². The number of nitrogens with zero attached hydrogens (tertiary/aromatic N) is 2. The Labute approximate surface area is 122 Å². The Morgan fingerprint density at radius 1 is 1.15 bits per heavy atom. The van der Waals surface area contributed by atoms with E-state index >= 15 is 0 Å². The molecule has 0 atom stereocenters. The Balaban J connectivity index is 2.68. The molecule has 0 aromatic rings. The third-order valence-electron chi connectivity index (χ3n) is 3.85. The molecule has 1 amide bonds. The van der Waals surface area contributed by atoms with Crippen molar-refractivity contribution < 1.29 is 14.3 Å². The lowest BCUT2D eigenvalue weighted by Crippen LogP contribution is -2.61. The number of nitrogens with one attached hydrogen (secondary N) is 1. The summed E-state index contributed by atoms with van der Waals surface area (Å²) in [5, 5.41) is 3.32. The van der Waals surface area contributed by atoms with Crippen LogP contribution in [0.4, 0.5) is 0 Å². The quantitative estimate of drug-likeness (QED) is 0.669. The molecule has 0 saturated carbocycles. The van der Waals surface area contributed by atoms with Gasteiger partial charge in [0.2, 0.25) is 5.91 Å². The highest BCUT2D eigenvalue weighted by Crippen LogP contribution is 2.18. The molecule has 1 aliphatic rings. The summed E-state index contributed by atoms with van der Waals surface area (Å²) in [6.07, 6.45) is 0. The summed E-state index contributed by atoms with van der Waals surface area (Å²) >= 11 is 0. The van der Waals surface area contributed by atoms with Gasteiger partial charge in [-0.05, 0) is 13.8 Å². The maximum absolute atomic E-state index is 12.8. The first kappa shape index (κ1) is 17.4. The highest BCUT2D eigenvalue weighted by molar-refractivity contribution is 5.85. The van der Waals surface area contributed by atoms with Crippen LogP contribution < -0.4 is 5.32 Å². The minimum atomic E-state index is -0.483. The van der Waals surface area contributed by atoms with Crippen LogP contribution in [-0.2, 0) is 14.3 Å². The first-order valence-corrected chi connectivity index (χ1v) is 7.27. The van der Waals surface area contributed by atoms with Crippen molar-refractivity contribution in [3.8, 4) is 0 Å². The topological polar surface area (TPSA) is 54.0 Å². The summed E-state index contributed by atoms with van der Waals surface area (Å²) in [4.78, 5) is 16.9. The summed E-state index contributed by atoms with van der Waals surface area (Å²) < 4.78 is 10.2. The molecule has 0 bridgehead atoms. The molecular weight excluding hydrogens is 258 g/mol. The molecule has 1 heterocycles. The van der Waals surface area contributed by atoms with Gasteiger partial charge in [0.25, 0.3) is 0 Å². The molecule has 6 heteroatoms. The zero-order valence-corrected chi connectivity index (χ0v) is 13.3. The van der Waals surface area contributed by atoms with E-state index in [1.807, 2.05) is 18.7 Å². The standard InChI is InChI=1S/C14H29N3O3/c1-14(2,17-7-5-15-6-8-17)13(18)16(9-11-19-3)10-12-20-4/h15H,5-12H2,1-4H3. The lowest BCUT2D eigenvalue weighted by atomic mass is 9.99. The van der Waals surface area contributed by atoms with Crippen LogP contribution in [0, 0.1) is 0 Å². The van der Waals surface area contributed by atoms with Gasteiger partial charge in [0.1, 0.15) is 0 Å². The Morgan fingerprint density at radius 3 is 2.10 bits per heavy atom. The van der Waals surface area contributed by atoms with Gasteiger partial charge < -0.3 is 19.7 Å². The average molecular weight is 287 g/mol. The Hall–Kier alpha value is -0.690. The molecular formula is C14H29N3O3. The highest BCUT2D eigenvalue weighted by Gasteiger charge is 2.37. The van der Waals surface area contributed by atoms with Crippen molar-refractivity contribution in [1.82, 2.24) is 15.1 Å². The van der Waals surface area contributed by atoms with Crippen LogP contribution in [0.5, 0.6) is 0 Å². The summed E-state index contributed by atoms with van der Waals surface area (Å²) in [6, 6.07) is 0. The second-order valence-electron chi connectivity index (χ2n) is 5.57. The van der Waals surface area contributed by atoms with Crippen LogP contribution in [0.1, 0.15) is 13.8 Å². The van der Waals surface area contributed by atoms with Crippen molar-refractivity contribution in [3.05, 3.63) is 0 Å². The van der Waals surface area contributed by atoms with E-state index in [0.717, 1.165) is 26.2 Å². The molecule has 1 fully saturated rings. The number of carbonyl (C=O) groups excluding carboxylic acids is 1. The highest BCUT2D eigenvalue weighted by atomic mass is 16.5. The van der Waals surface area contributed by atoms with Gasteiger partial charge in [-0.25, -0.2) is 0 Å². The molecule has 0 aromatic heterocycles. The number of amides is 1. The van der Waals surface area contributed by atoms with Gasteiger partial charge in [-0.2, -0.15) is 0 Å². The van der Waals surface area contributed by atoms with Crippen molar-refractivity contribution in [1.29, 1.82) is 0 Å². The van der Waals surface area contributed by atoms with E-state index in [-0.39, 0.29) is 5.91 Å². The van der Waals surface area contributed by atoms with E-state index in [1.54, 1.807) is 14.2 Å². The van der Waals surface area contributed by atoms with Crippen molar-refractivity contribution in [2.75, 3.05) is 66.7 Å². The lowest BCUT2D eigenvalue weighted by Gasteiger charge is -2.42. The van der Waals surface area contributed by atoms with Gasteiger partial charge >= 0.3 is 0 Å². The predicted molar refractivity (Wildman–Crippen MR) is 78.9 cm³/mol. The number of rotatable bonds is 8. The van der Waals surface area contributed by atoms with Gasteiger partial charge in [-0.15, -0.1) is 0 Å². The van der Waals surface area contributed by atoms with Crippen LogP contribution in [-0.4, -0.2) is 87.9 Å². The number of hydrogen-bond acceptors (Lipinski definition) is 5. The summed E-state index contributed by atoms with van der Waals surface area (Å²) in [5.41, 5.74) is -0.483. The van der Waals surface area contributed by atoms with Crippen molar-refractivity contribution in [2.45, 2.75) is 19.4 Å². The van der Waals surface area contributed by atoms with Crippen LogP contribution in [0.2, 0.25) is 0 Å². The second-order valence-corrected chi connectivity index (χ2v) is 5.57. The third-order valence-corrected chi connectivity index (χ3v) is 3.85. The molecule has 1 rings (SSSR count). The van der Waals surface area contributed by atoms with Gasteiger partial charge in [-0.3, -0.25) is 9.69 Å². The SMILES string of the molecule is COCCN(CCOC)C(=O)C(C)(C)N1CCNCC1. The summed E-state index contributed by atoms with van der Waals surface area (Å²) in [5.74, 6) is 0.147. The van der Waals surface area contributed by atoms with Gasteiger partial charge in [0, 0.05) is 53.5 Å². The number of ether oxygens (including phenoxy) is 2. The molecule has 118 valence electrons. The molecule has 1 aliphatic heterocycles. The fourth-order valence-electron chi connectivity index (χ4n) is 2.46. The zero-order chi connectivity index (χ0) is 15.0. The number of carbonyl (C=O) groups is 1. The van der Waals surface area contributed by atoms with Crippen LogP contribution in [0.3, 0.4) is 0 Å². The van der Waals surface area contributed by atoms with E-state index in [0.29, 0.717) is 26.3 Å². The number of methoxy groups -OCH3 is 2. The van der Waals surface area contributed by atoms with Crippen molar-refractivity contribution in [2.24, 2.45) is 0 Å². The normalized spacial score (nSPS) is 17.2. The summed E-state index contributed by atoms with van der Waals surface area (Å²) in [6.45, 7) is 10.0. The lowest BCUT2D eigenvalue weighted by molar-refractivity contribution is -0.144. The summed E-state index contributed by atoms with van der Waals surface area (Å²) in [7, 11) is 3.31. The van der Waals surface area contributed by atoms with E-state index in [9.17, 15) is 4.79 Å². The Kier molecular flexibility index (Phi) is 7.43. The largest absolute Gasteiger partial charge is 0.383 e. The molecule has 0 radical (unpaired) electrons. The van der Waals surface area contributed by atoms with Gasteiger partial charge in [0.05, 0.1) is 18.8 Å². The molecule has 0 aliphatic carbocycles. The van der Waals surface area contributed by atoms with Crippen LogP contribution in [0.25, 0.3) is 0 Å². The van der Waals surface area contributed by atoms with Crippen LogP contribution in [0.15, 0.2) is 0 Å². The van der Waals surface area contributed by atoms with Crippen molar-refractivity contribution >= 4 is 5.91 Å². The zero-order valence-electron chi connectivity index (χ0n) is 13.3. The first-order chi connectivity index (χ1) is 9.54. The smallest absolute Gasteiger partial charge is 0.242 e. The first-order valence-electron chi connectivity index (χ1n) is 7.27. The maximum Gasteiger partial charge on any atom is 0.242 e. The third kappa shape index (κ3) is 4.70. The number of piperazine rings is 1. The molecule has 0 unspecified atom stereocenters. The maximum atomic E-state index is 12.8. The predicted octanol–water partition coefficient (Wildman–Crippen LogP) is -0.208. The number of hydrogen-bond donors (Lipinski definition) is 1. The molecule has 1 saturated heterocycles. The Morgan fingerprint density at radius 2 is 1.65 bits per heavy atom. The molecule has 0 aromatic carbocycles. The van der Waals surface area contributed by atoms with Gasteiger partial charge in [-0.1, -0.05) is 0 Å². The van der Waals surface area contributed by atoms with Crippen LogP contribution >= 0.6 is 0 Å². The van der Waals surface area contributed by atoms with E-state index in [2.05, 4.69) is 10.2 Å². The minimum absolute atomic E-state index is 0.147. The molecule has 6 nitrogen and oxygen atoms in total. The fraction of sp³-hybridized carbons (Fsp3) is 0.929. The molecule has 20 heavy (non-hydrogen) atoms.